The fraction of sp³-hybridized carbons (Fsp3) is 0.273. The molecule has 238 valence electrons. The molecule has 1 saturated heterocycles. The normalized spacial score (nSPS) is 14.1. The number of aromatic nitrogens is 2. The lowest BCUT2D eigenvalue weighted by molar-refractivity contribution is 0.0303. The summed E-state index contributed by atoms with van der Waals surface area (Å²) in [6.45, 7) is 2.62. The van der Waals surface area contributed by atoms with E-state index in [4.69, 9.17) is 30.8 Å². The average Bonchev–Trinajstić information content (AvgIpc) is 3.52. The summed E-state index contributed by atoms with van der Waals surface area (Å²) in [4.78, 5) is 47.5. The second-order valence-electron chi connectivity index (χ2n) is 10.8. The van der Waals surface area contributed by atoms with Crippen LogP contribution in [-0.2, 0) is 18.2 Å². The number of fused-ring (bicyclic) bond motifs is 1. The topological polar surface area (TPSA) is 127 Å². The Labute approximate surface area is 270 Å². The lowest BCUT2D eigenvalue weighted by Crippen LogP contribution is -2.40. The minimum absolute atomic E-state index is 0.0570. The van der Waals surface area contributed by atoms with Crippen molar-refractivity contribution in [2.24, 2.45) is 7.05 Å². The number of morpholine rings is 1. The minimum Gasteiger partial charge on any atom is -0.495 e. The van der Waals surface area contributed by atoms with Crippen molar-refractivity contribution in [2.75, 3.05) is 62.6 Å². The SMILES string of the molecule is COc1cc(OC)c(NC(=O)N2CCc3c(-c4cn(C)c(=O)c(Nc5ccc(C(=O)N6CCOCC6)cc5)n4)cccc32)cc1Cl. The lowest BCUT2D eigenvalue weighted by atomic mass is 10.0. The number of carbonyl (C=O) groups is 2. The molecule has 6 rings (SSSR count). The fourth-order valence-electron chi connectivity index (χ4n) is 5.62. The summed E-state index contributed by atoms with van der Waals surface area (Å²) < 4.78 is 17.5. The molecular weight excluding hydrogens is 612 g/mol. The summed E-state index contributed by atoms with van der Waals surface area (Å²) in [5, 5.41) is 6.36. The molecule has 46 heavy (non-hydrogen) atoms. The van der Waals surface area contributed by atoms with E-state index in [2.05, 4.69) is 10.6 Å². The van der Waals surface area contributed by atoms with Gasteiger partial charge >= 0.3 is 6.03 Å². The Morgan fingerprint density at radius 2 is 1.72 bits per heavy atom. The van der Waals surface area contributed by atoms with Gasteiger partial charge in [0.25, 0.3) is 11.5 Å². The molecule has 0 bridgehead atoms. The third kappa shape index (κ3) is 6.09. The molecule has 0 atom stereocenters. The highest BCUT2D eigenvalue weighted by molar-refractivity contribution is 6.32. The Morgan fingerprint density at radius 1 is 0.978 bits per heavy atom. The van der Waals surface area contributed by atoms with E-state index in [0.717, 1.165) is 16.8 Å². The van der Waals surface area contributed by atoms with Gasteiger partial charge in [-0.15, -0.1) is 0 Å². The number of rotatable bonds is 7. The highest BCUT2D eigenvalue weighted by Gasteiger charge is 2.28. The summed E-state index contributed by atoms with van der Waals surface area (Å²) in [5.74, 6) is 0.928. The van der Waals surface area contributed by atoms with Crippen LogP contribution in [0.4, 0.5) is 27.7 Å². The molecule has 3 amide bonds. The Morgan fingerprint density at radius 3 is 2.43 bits per heavy atom. The number of urea groups is 1. The first-order valence-corrected chi connectivity index (χ1v) is 15.1. The standard InChI is InChI=1S/C33H33ClN6O6/c1-38-19-26(36-30(32(38)42)35-21-9-7-20(8-10-21)31(41)39-13-15-46-16-14-39)22-5-4-6-27-23(22)11-12-40(27)33(43)37-25-17-24(34)28(44-2)18-29(25)45-3/h4-10,17-19H,11-16H2,1-3H3,(H,35,36)(H,37,43). The number of hydrogen-bond donors (Lipinski definition) is 2. The second-order valence-corrected chi connectivity index (χ2v) is 11.2. The summed E-state index contributed by atoms with van der Waals surface area (Å²) in [5.41, 5.74) is 4.34. The number of nitrogens with one attached hydrogen (secondary N) is 2. The van der Waals surface area contributed by atoms with E-state index in [0.29, 0.717) is 78.4 Å². The van der Waals surface area contributed by atoms with Crippen molar-refractivity contribution in [3.8, 4) is 22.8 Å². The number of carbonyl (C=O) groups excluding carboxylic acids is 2. The van der Waals surface area contributed by atoms with Gasteiger partial charge in [0.15, 0.2) is 5.82 Å². The fourth-order valence-corrected chi connectivity index (χ4v) is 5.87. The number of anilines is 4. The van der Waals surface area contributed by atoms with E-state index in [1.54, 1.807) is 59.4 Å². The van der Waals surface area contributed by atoms with Gasteiger partial charge in [0, 0.05) is 61.4 Å². The molecule has 2 N–H and O–H groups in total. The van der Waals surface area contributed by atoms with E-state index in [9.17, 15) is 14.4 Å². The smallest absolute Gasteiger partial charge is 0.326 e. The second kappa shape index (κ2) is 13.1. The van der Waals surface area contributed by atoms with Crippen LogP contribution in [0.25, 0.3) is 11.3 Å². The van der Waals surface area contributed by atoms with E-state index in [1.807, 2.05) is 18.2 Å². The molecule has 3 heterocycles. The number of amides is 3. The predicted molar refractivity (Wildman–Crippen MR) is 176 cm³/mol. The Kier molecular flexibility index (Phi) is 8.82. The van der Waals surface area contributed by atoms with Crippen LogP contribution in [0.2, 0.25) is 5.02 Å². The number of nitrogens with zero attached hydrogens (tertiary/aromatic N) is 4. The van der Waals surface area contributed by atoms with Gasteiger partial charge in [-0.05, 0) is 48.4 Å². The van der Waals surface area contributed by atoms with Gasteiger partial charge in [0.1, 0.15) is 11.5 Å². The van der Waals surface area contributed by atoms with Crippen LogP contribution in [0.3, 0.4) is 0 Å². The quantitative estimate of drug-likeness (QED) is 0.290. The minimum atomic E-state index is -0.346. The molecule has 4 aromatic rings. The molecule has 0 aliphatic carbocycles. The zero-order valence-electron chi connectivity index (χ0n) is 25.6. The number of benzene rings is 3. The third-order valence-corrected chi connectivity index (χ3v) is 8.32. The number of hydrogen-bond acceptors (Lipinski definition) is 8. The maximum Gasteiger partial charge on any atom is 0.326 e. The van der Waals surface area contributed by atoms with Crippen LogP contribution >= 0.6 is 11.6 Å². The van der Waals surface area contributed by atoms with Crippen LogP contribution in [0, 0.1) is 0 Å². The monoisotopic (exact) mass is 644 g/mol. The molecule has 2 aliphatic rings. The van der Waals surface area contributed by atoms with Gasteiger partial charge in [-0.1, -0.05) is 23.7 Å². The summed E-state index contributed by atoms with van der Waals surface area (Å²) >= 11 is 6.31. The molecule has 1 aromatic heterocycles. The highest BCUT2D eigenvalue weighted by atomic mass is 35.5. The van der Waals surface area contributed by atoms with Gasteiger partial charge in [0.2, 0.25) is 0 Å². The van der Waals surface area contributed by atoms with E-state index >= 15 is 0 Å². The largest absolute Gasteiger partial charge is 0.495 e. The molecule has 13 heteroatoms. The van der Waals surface area contributed by atoms with Crippen LogP contribution in [0.1, 0.15) is 15.9 Å². The van der Waals surface area contributed by atoms with E-state index < -0.39 is 0 Å². The van der Waals surface area contributed by atoms with Crippen molar-refractivity contribution in [1.29, 1.82) is 0 Å². The molecule has 1 fully saturated rings. The van der Waals surface area contributed by atoms with Gasteiger partial charge in [-0.2, -0.15) is 0 Å². The van der Waals surface area contributed by atoms with E-state index in [1.165, 1.54) is 18.8 Å². The number of methoxy groups -OCH3 is 2. The molecule has 12 nitrogen and oxygen atoms in total. The van der Waals surface area contributed by atoms with Crippen LogP contribution in [-0.4, -0.2) is 73.5 Å². The van der Waals surface area contributed by atoms with E-state index in [-0.39, 0.29) is 23.3 Å². The predicted octanol–water partition coefficient (Wildman–Crippen LogP) is 4.93. The first-order valence-electron chi connectivity index (χ1n) is 14.7. The van der Waals surface area contributed by atoms with Crippen molar-refractivity contribution in [3.05, 3.63) is 87.3 Å². The Balaban J connectivity index is 1.23. The van der Waals surface area contributed by atoms with Crippen molar-refractivity contribution in [2.45, 2.75) is 6.42 Å². The van der Waals surface area contributed by atoms with Gasteiger partial charge in [-0.25, -0.2) is 9.78 Å². The van der Waals surface area contributed by atoms with Crippen LogP contribution in [0.15, 0.2) is 65.6 Å². The summed E-state index contributed by atoms with van der Waals surface area (Å²) in [6, 6.07) is 15.5. The molecule has 0 saturated carbocycles. The molecule has 0 radical (unpaired) electrons. The lowest BCUT2D eigenvalue weighted by Gasteiger charge is -2.26. The zero-order chi connectivity index (χ0) is 32.4. The number of halogens is 1. The first kappa shape index (κ1) is 30.9. The maximum atomic E-state index is 13.5. The van der Waals surface area contributed by atoms with Crippen molar-refractivity contribution >= 4 is 46.4 Å². The zero-order valence-corrected chi connectivity index (χ0v) is 26.4. The number of ether oxygens (including phenoxy) is 3. The molecule has 3 aromatic carbocycles. The summed E-state index contributed by atoms with van der Waals surface area (Å²) in [7, 11) is 4.67. The molecule has 0 unspecified atom stereocenters. The van der Waals surface area contributed by atoms with Gasteiger partial charge < -0.3 is 34.3 Å². The molecule has 0 spiro atoms. The van der Waals surface area contributed by atoms with Crippen LogP contribution in [0.5, 0.6) is 11.5 Å². The highest BCUT2D eigenvalue weighted by Crippen LogP contribution is 2.38. The maximum absolute atomic E-state index is 13.5. The third-order valence-electron chi connectivity index (χ3n) is 8.03. The van der Waals surface area contributed by atoms with Crippen molar-refractivity contribution < 1.29 is 23.8 Å². The number of aryl methyl sites for hydroxylation is 1. The van der Waals surface area contributed by atoms with Gasteiger partial charge in [-0.3, -0.25) is 14.5 Å². The van der Waals surface area contributed by atoms with Crippen molar-refractivity contribution in [3.63, 3.8) is 0 Å². The average molecular weight is 645 g/mol. The Hall–Kier alpha value is -5.07. The summed E-state index contributed by atoms with van der Waals surface area (Å²) in [6.07, 6.45) is 2.27. The molecular formula is C33H33ClN6O6. The van der Waals surface area contributed by atoms with Gasteiger partial charge in [0.05, 0.1) is 43.8 Å². The Bertz CT molecular complexity index is 1860. The first-order chi connectivity index (χ1) is 22.3. The molecule has 2 aliphatic heterocycles. The van der Waals surface area contributed by atoms with Crippen molar-refractivity contribution in [1.82, 2.24) is 14.5 Å². The van der Waals surface area contributed by atoms with Crippen LogP contribution < -0.4 is 30.6 Å².